The smallest absolute Gasteiger partial charge is 0.312 e. The van der Waals surface area contributed by atoms with Crippen LogP contribution in [0.5, 0.6) is 0 Å². The van der Waals surface area contributed by atoms with Crippen molar-refractivity contribution in [3.8, 4) is 0 Å². The van der Waals surface area contributed by atoms with E-state index in [-0.39, 0.29) is 0 Å². The van der Waals surface area contributed by atoms with Gasteiger partial charge < -0.3 is 16.4 Å². The first kappa shape index (κ1) is 14.8. The fraction of sp³-hybridized carbons (Fsp3) is 0.533. The van der Waals surface area contributed by atoms with Crippen LogP contribution in [-0.4, -0.2) is 43.2 Å². The molecule has 0 bridgehead atoms. The molecule has 4 N–H and O–H groups in total. The van der Waals surface area contributed by atoms with Crippen molar-refractivity contribution in [1.82, 2.24) is 15.5 Å². The molecule has 0 aliphatic carbocycles. The normalized spacial score (nSPS) is 19.7. The lowest BCUT2D eigenvalue weighted by molar-refractivity contribution is 0.183. The lowest BCUT2D eigenvalue weighted by Gasteiger charge is -2.33. The average Bonchev–Trinajstić information content (AvgIpc) is 2.45. The second-order valence-corrected chi connectivity index (χ2v) is 5.31. The number of carbonyl (C=O) groups is 1. The van der Waals surface area contributed by atoms with Gasteiger partial charge in [-0.25, -0.2) is 4.79 Å². The van der Waals surface area contributed by atoms with E-state index < -0.39 is 6.03 Å². The molecule has 1 saturated heterocycles. The summed E-state index contributed by atoms with van der Waals surface area (Å²) in [6.45, 7) is 4.59. The molecule has 1 heterocycles. The van der Waals surface area contributed by atoms with Crippen molar-refractivity contribution in [2.45, 2.75) is 25.4 Å². The molecule has 0 radical (unpaired) electrons. The molecule has 1 atom stereocenters. The van der Waals surface area contributed by atoms with Crippen LogP contribution in [0.2, 0.25) is 0 Å². The molecule has 1 aromatic rings. The summed E-state index contributed by atoms with van der Waals surface area (Å²) in [7, 11) is 0. The maximum atomic E-state index is 10.6. The minimum absolute atomic E-state index is 0.457. The number of carbonyl (C=O) groups excluding carboxylic acids is 1. The Morgan fingerprint density at radius 2 is 2.10 bits per heavy atom. The van der Waals surface area contributed by atoms with E-state index in [0.717, 1.165) is 26.2 Å². The van der Waals surface area contributed by atoms with Crippen molar-refractivity contribution in [2.75, 3.05) is 26.2 Å². The molecule has 1 aliphatic heterocycles. The first-order valence-corrected chi connectivity index (χ1v) is 7.27. The van der Waals surface area contributed by atoms with E-state index in [1.54, 1.807) is 0 Å². The number of benzene rings is 1. The summed E-state index contributed by atoms with van der Waals surface area (Å²) in [5.41, 5.74) is 6.40. The molecule has 2 amide bonds. The first-order chi connectivity index (χ1) is 9.74. The van der Waals surface area contributed by atoms with Gasteiger partial charge in [0, 0.05) is 32.2 Å². The zero-order valence-corrected chi connectivity index (χ0v) is 11.8. The van der Waals surface area contributed by atoms with Gasteiger partial charge in [0.25, 0.3) is 0 Å². The summed E-state index contributed by atoms with van der Waals surface area (Å²) >= 11 is 0. The first-order valence-electron chi connectivity index (χ1n) is 7.27. The highest BCUT2D eigenvalue weighted by Crippen LogP contribution is 2.13. The lowest BCUT2D eigenvalue weighted by atomic mass is 10.0. The Morgan fingerprint density at radius 1 is 1.30 bits per heavy atom. The molecule has 0 saturated carbocycles. The number of urea groups is 1. The summed E-state index contributed by atoms with van der Waals surface area (Å²) in [5.74, 6) is 0. The quantitative estimate of drug-likeness (QED) is 0.676. The number of nitrogens with zero attached hydrogens (tertiary/aromatic N) is 1. The van der Waals surface area contributed by atoms with Crippen molar-refractivity contribution in [3.05, 3.63) is 35.9 Å². The topological polar surface area (TPSA) is 70.4 Å². The minimum Gasteiger partial charge on any atom is -0.352 e. The Kier molecular flexibility index (Phi) is 5.83. The van der Waals surface area contributed by atoms with Gasteiger partial charge in [0.15, 0.2) is 0 Å². The molecular weight excluding hydrogens is 252 g/mol. The van der Waals surface area contributed by atoms with Gasteiger partial charge in [-0.05, 0) is 24.9 Å². The molecule has 0 aromatic heterocycles. The molecule has 1 aromatic carbocycles. The predicted molar refractivity (Wildman–Crippen MR) is 80.3 cm³/mol. The van der Waals surface area contributed by atoms with Crippen molar-refractivity contribution < 1.29 is 4.79 Å². The molecule has 5 nitrogen and oxygen atoms in total. The van der Waals surface area contributed by atoms with Gasteiger partial charge >= 0.3 is 6.03 Å². The van der Waals surface area contributed by atoms with E-state index in [1.807, 2.05) is 0 Å². The fourth-order valence-electron chi connectivity index (χ4n) is 2.67. The molecule has 1 unspecified atom stereocenters. The van der Waals surface area contributed by atoms with E-state index in [2.05, 4.69) is 45.9 Å². The number of nitrogens with two attached hydrogens (primary N) is 1. The lowest BCUT2D eigenvalue weighted by Crippen LogP contribution is -2.47. The SMILES string of the molecule is NC(=O)NCCNC1CCCN(Cc2ccccc2)C1. The van der Waals surface area contributed by atoms with Crippen LogP contribution < -0.4 is 16.4 Å². The number of likely N-dealkylation sites (tertiary alicyclic amines) is 1. The van der Waals surface area contributed by atoms with Gasteiger partial charge in [0.2, 0.25) is 0 Å². The van der Waals surface area contributed by atoms with Crippen LogP contribution in [-0.2, 0) is 6.54 Å². The largest absolute Gasteiger partial charge is 0.352 e. The third kappa shape index (κ3) is 5.19. The average molecular weight is 276 g/mol. The minimum atomic E-state index is -0.457. The maximum Gasteiger partial charge on any atom is 0.312 e. The van der Waals surface area contributed by atoms with E-state index in [9.17, 15) is 4.79 Å². The number of nitrogens with one attached hydrogen (secondary N) is 2. The number of piperidine rings is 1. The van der Waals surface area contributed by atoms with Gasteiger partial charge in [0.1, 0.15) is 0 Å². The zero-order valence-electron chi connectivity index (χ0n) is 11.8. The summed E-state index contributed by atoms with van der Waals surface area (Å²) in [6.07, 6.45) is 2.41. The van der Waals surface area contributed by atoms with E-state index in [1.165, 1.54) is 18.4 Å². The van der Waals surface area contributed by atoms with Gasteiger partial charge in [-0.15, -0.1) is 0 Å². The van der Waals surface area contributed by atoms with E-state index in [4.69, 9.17) is 5.73 Å². The maximum absolute atomic E-state index is 10.6. The molecule has 20 heavy (non-hydrogen) atoms. The van der Waals surface area contributed by atoms with Crippen molar-refractivity contribution >= 4 is 6.03 Å². The highest BCUT2D eigenvalue weighted by Gasteiger charge is 2.19. The van der Waals surface area contributed by atoms with Crippen molar-refractivity contribution in [1.29, 1.82) is 0 Å². The van der Waals surface area contributed by atoms with Crippen LogP contribution in [0.1, 0.15) is 18.4 Å². The molecule has 1 aliphatic rings. The van der Waals surface area contributed by atoms with Crippen LogP contribution in [0.4, 0.5) is 4.79 Å². The number of amides is 2. The number of hydrogen-bond donors (Lipinski definition) is 3. The summed E-state index contributed by atoms with van der Waals surface area (Å²) in [4.78, 5) is 13.1. The molecule has 5 heteroatoms. The van der Waals surface area contributed by atoms with Crippen LogP contribution in [0.25, 0.3) is 0 Å². The standard InChI is InChI=1S/C15H24N4O/c16-15(20)18-9-8-17-14-7-4-10-19(12-14)11-13-5-2-1-3-6-13/h1-3,5-6,14,17H,4,7-12H2,(H3,16,18,20). The van der Waals surface area contributed by atoms with Crippen molar-refractivity contribution in [3.63, 3.8) is 0 Å². The highest BCUT2D eigenvalue weighted by atomic mass is 16.2. The Morgan fingerprint density at radius 3 is 2.85 bits per heavy atom. The Hall–Kier alpha value is -1.59. The second-order valence-electron chi connectivity index (χ2n) is 5.31. The molecule has 2 rings (SSSR count). The van der Waals surface area contributed by atoms with Crippen molar-refractivity contribution in [2.24, 2.45) is 5.73 Å². The Labute approximate surface area is 120 Å². The van der Waals surface area contributed by atoms with Crippen LogP contribution >= 0.6 is 0 Å². The van der Waals surface area contributed by atoms with Gasteiger partial charge in [-0.1, -0.05) is 30.3 Å². The van der Waals surface area contributed by atoms with Gasteiger partial charge in [-0.2, -0.15) is 0 Å². The zero-order chi connectivity index (χ0) is 14.2. The summed E-state index contributed by atoms with van der Waals surface area (Å²) < 4.78 is 0. The highest BCUT2D eigenvalue weighted by molar-refractivity contribution is 5.71. The van der Waals surface area contributed by atoms with E-state index in [0.29, 0.717) is 12.6 Å². The van der Waals surface area contributed by atoms with E-state index >= 15 is 0 Å². The molecule has 1 fully saturated rings. The summed E-state index contributed by atoms with van der Waals surface area (Å²) in [6, 6.07) is 10.6. The molecule has 110 valence electrons. The van der Waals surface area contributed by atoms with Crippen LogP contribution in [0.3, 0.4) is 0 Å². The number of hydrogen-bond acceptors (Lipinski definition) is 3. The number of rotatable bonds is 6. The molecule has 0 spiro atoms. The Bertz CT molecular complexity index is 410. The number of primary amides is 1. The molecular formula is C15H24N4O. The van der Waals surface area contributed by atoms with Gasteiger partial charge in [0.05, 0.1) is 0 Å². The monoisotopic (exact) mass is 276 g/mol. The van der Waals surface area contributed by atoms with Crippen LogP contribution in [0, 0.1) is 0 Å². The Balaban J connectivity index is 1.70. The predicted octanol–water partition coefficient (Wildman–Crippen LogP) is 0.909. The van der Waals surface area contributed by atoms with Crippen LogP contribution in [0.15, 0.2) is 30.3 Å². The third-order valence-electron chi connectivity index (χ3n) is 3.61. The third-order valence-corrected chi connectivity index (χ3v) is 3.61. The summed E-state index contributed by atoms with van der Waals surface area (Å²) in [5, 5.41) is 6.08. The second kappa shape index (κ2) is 7.87. The fourth-order valence-corrected chi connectivity index (χ4v) is 2.67. The van der Waals surface area contributed by atoms with Gasteiger partial charge in [-0.3, -0.25) is 4.90 Å².